The molecule has 164 valence electrons. The van der Waals surface area contributed by atoms with Gasteiger partial charge >= 0.3 is 0 Å². The number of fused-ring (bicyclic) bond motifs is 5. The SMILES string of the molecule is CC(=O)Nc1ccc(NC(=O)C(C)Sc2nc3ccccc3c3nc4ccccc4n23)cc1. The number of nitrogens with one attached hydrogen (secondary N) is 2. The van der Waals surface area contributed by atoms with Crippen LogP contribution >= 0.6 is 11.8 Å². The highest BCUT2D eigenvalue weighted by atomic mass is 32.2. The van der Waals surface area contributed by atoms with Crippen LogP contribution in [0.15, 0.2) is 78.0 Å². The van der Waals surface area contributed by atoms with Gasteiger partial charge in [0.25, 0.3) is 0 Å². The van der Waals surface area contributed by atoms with Crippen molar-refractivity contribution in [1.29, 1.82) is 0 Å². The van der Waals surface area contributed by atoms with Crippen molar-refractivity contribution in [3.05, 3.63) is 72.8 Å². The van der Waals surface area contributed by atoms with Gasteiger partial charge in [-0.05, 0) is 55.5 Å². The smallest absolute Gasteiger partial charge is 0.237 e. The van der Waals surface area contributed by atoms with Crippen molar-refractivity contribution < 1.29 is 9.59 Å². The summed E-state index contributed by atoms with van der Waals surface area (Å²) in [5.74, 6) is -0.280. The van der Waals surface area contributed by atoms with E-state index in [9.17, 15) is 9.59 Å². The molecule has 2 aromatic heterocycles. The van der Waals surface area contributed by atoms with Crippen molar-refractivity contribution in [3.63, 3.8) is 0 Å². The van der Waals surface area contributed by atoms with Crippen molar-refractivity contribution in [3.8, 4) is 0 Å². The molecule has 1 unspecified atom stereocenters. The monoisotopic (exact) mass is 455 g/mol. The average Bonchev–Trinajstić information content (AvgIpc) is 3.20. The summed E-state index contributed by atoms with van der Waals surface area (Å²) in [6.45, 7) is 3.31. The predicted molar refractivity (Wildman–Crippen MR) is 133 cm³/mol. The Morgan fingerprint density at radius 2 is 1.48 bits per heavy atom. The van der Waals surface area contributed by atoms with Gasteiger partial charge in [-0.15, -0.1) is 0 Å². The summed E-state index contributed by atoms with van der Waals surface area (Å²) in [5.41, 5.74) is 4.83. The average molecular weight is 456 g/mol. The largest absolute Gasteiger partial charge is 0.326 e. The quantitative estimate of drug-likeness (QED) is 0.284. The van der Waals surface area contributed by atoms with Crippen molar-refractivity contribution >= 4 is 62.5 Å². The van der Waals surface area contributed by atoms with Crippen LogP contribution in [-0.4, -0.2) is 31.4 Å². The molecular formula is C25H21N5O2S. The molecule has 5 rings (SSSR count). The maximum absolute atomic E-state index is 12.9. The van der Waals surface area contributed by atoms with Crippen LogP contribution in [0.1, 0.15) is 13.8 Å². The Morgan fingerprint density at radius 3 is 2.21 bits per heavy atom. The molecule has 0 aliphatic rings. The maximum atomic E-state index is 12.9. The number of thioether (sulfide) groups is 1. The van der Waals surface area contributed by atoms with Gasteiger partial charge in [0.2, 0.25) is 11.8 Å². The molecule has 0 saturated carbocycles. The Kier molecular flexibility index (Phi) is 5.43. The van der Waals surface area contributed by atoms with Crippen LogP contribution in [0.3, 0.4) is 0 Å². The van der Waals surface area contributed by atoms with Crippen LogP contribution in [0, 0.1) is 0 Å². The van der Waals surface area contributed by atoms with E-state index in [4.69, 9.17) is 9.97 Å². The molecule has 5 aromatic rings. The summed E-state index contributed by atoms with van der Waals surface area (Å²) in [5, 5.41) is 6.92. The number of hydrogen-bond donors (Lipinski definition) is 2. The number of imidazole rings is 1. The third-order valence-corrected chi connectivity index (χ3v) is 6.29. The predicted octanol–water partition coefficient (Wildman–Crippen LogP) is 5.11. The Labute approximate surface area is 194 Å². The number of anilines is 2. The molecule has 33 heavy (non-hydrogen) atoms. The normalized spacial score (nSPS) is 12.2. The second kappa shape index (κ2) is 8.55. The van der Waals surface area contributed by atoms with Gasteiger partial charge in [0, 0.05) is 23.7 Å². The van der Waals surface area contributed by atoms with E-state index in [-0.39, 0.29) is 11.8 Å². The van der Waals surface area contributed by atoms with Crippen LogP contribution in [0.5, 0.6) is 0 Å². The van der Waals surface area contributed by atoms with Gasteiger partial charge in [-0.25, -0.2) is 9.97 Å². The number of nitrogens with zero attached hydrogens (tertiary/aromatic N) is 3. The molecule has 0 aliphatic carbocycles. The maximum Gasteiger partial charge on any atom is 0.237 e. The molecule has 1 atom stereocenters. The van der Waals surface area contributed by atoms with E-state index >= 15 is 0 Å². The summed E-state index contributed by atoms with van der Waals surface area (Å²) < 4.78 is 2.02. The van der Waals surface area contributed by atoms with Gasteiger partial charge in [0.1, 0.15) is 5.65 Å². The van der Waals surface area contributed by atoms with E-state index in [1.165, 1.54) is 18.7 Å². The lowest BCUT2D eigenvalue weighted by atomic mass is 10.2. The minimum atomic E-state index is -0.405. The fourth-order valence-electron chi connectivity index (χ4n) is 3.69. The molecule has 3 aromatic carbocycles. The van der Waals surface area contributed by atoms with E-state index in [0.717, 1.165) is 27.6 Å². The second-order valence-electron chi connectivity index (χ2n) is 7.68. The molecule has 0 spiro atoms. The molecule has 0 radical (unpaired) electrons. The molecule has 0 saturated heterocycles. The molecule has 0 bridgehead atoms. The second-order valence-corrected chi connectivity index (χ2v) is 8.99. The van der Waals surface area contributed by atoms with Gasteiger partial charge in [-0.2, -0.15) is 0 Å². The van der Waals surface area contributed by atoms with Crippen molar-refractivity contribution in [2.45, 2.75) is 24.3 Å². The first-order valence-electron chi connectivity index (χ1n) is 10.5. The van der Waals surface area contributed by atoms with E-state index in [0.29, 0.717) is 16.5 Å². The van der Waals surface area contributed by atoms with Crippen LogP contribution in [0.25, 0.3) is 27.6 Å². The number of rotatable bonds is 5. The lowest BCUT2D eigenvalue weighted by Gasteiger charge is -2.14. The Hall–Kier alpha value is -3.91. The fraction of sp³-hybridized carbons (Fsp3) is 0.120. The summed E-state index contributed by atoms with van der Waals surface area (Å²) in [4.78, 5) is 33.8. The number of para-hydroxylation sites is 3. The number of amides is 2. The fourth-order valence-corrected chi connectivity index (χ4v) is 4.61. The molecule has 2 amide bonds. The highest BCUT2D eigenvalue weighted by molar-refractivity contribution is 8.00. The van der Waals surface area contributed by atoms with E-state index in [2.05, 4.69) is 10.6 Å². The topological polar surface area (TPSA) is 88.4 Å². The number of carbonyl (C=O) groups is 2. The number of hydrogen-bond acceptors (Lipinski definition) is 5. The molecule has 2 heterocycles. The minimum Gasteiger partial charge on any atom is -0.326 e. The minimum absolute atomic E-state index is 0.139. The third kappa shape index (κ3) is 4.12. The van der Waals surface area contributed by atoms with Gasteiger partial charge < -0.3 is 10.6 Å². The third-order valence-electron chi connectivity index (χ3n) is 5.24. The lowest BCUT2D eigenvalue weighted by molar-refractivity contribution is -0.115. The van der Waals surface area contributed by atoms with Crippen molar-refractivity contribution in [2.75, 3.05) is 10.6 Å². The highest BCUT2D eigenvalue weighted by Crippen LogP contribution is 2.31. The molecular weight excluding hydrogens is 434 g/mol. The van der Waals surface area contributed by atoms with E-state index < -0.39 is 5.25 Å². The van der Waals surface area contributed by atoms with Gasteiger partial charge in [0.15, 0.2) is 5.16 Å². The lowest BCUT2D eigenvalue weighted by Crippen LogP contribution is -2.23. The van der Waals surface area contributed by atoms with Gasteiger partial charge in [-0.3, -0.25) is 14.0 Å². The Morgan fingerprint density at radius 1 is 0.848 bits per heavy atom. The van der Waals surface area contributed by atoms with Crippen molar-refractivity contribution in [2.24, 2.45) is 0 Å². The van der Waals surface area contributed by atoms with Crippen LogP contribution < -0.4 is 10.6 Å². The van der Waals surface area contributed by atoms with Crippen LogP contribution in [-0.2, 0) is 9.59 Å². The summed E-state index contributed by atoms with van der Waals surface area (Å²) in [6.07, 6.45) is 0. The summed E-state index contributed by atoms with van der Waals surface area (Å²) in [6, 6.07) is 22.8. The Balaban J connectivity index is 1.45. The zero-order valence-corrected chi connectivity index (χ0v) is 18.9. The van der Waals surface area contributed by atoms with Gasteiger partial charge in [0.05, 0.1) is 21.8 Å². The number of carbonyl (C=O) groups excluding carboxylic acids is 2. The van der Waals surface area contributed by atoms with Crippen LogP contribution in [0.4, 0.5) is 11.4 Å². The zero-order valence-electron chi connectivity index (χ0n) is 18.1. The van der Waals surface area contributed by atoms with E-state index in [1.54, 1.807) is 24.3 Å². The van der Waals surface area contributed by atoms with Gasteiger partial charge in [-0.1, -0.05) is 36.0 Å². The van der Waals surface area contributed by atoms with Crippen molar-refractivity contribution in [1.82, 2.24) is 14.4 Å². The molecule has 2 N–H and O–H groups in total. The Bertz CT molecular complexity index is 1510. The highest BCUT2D eigenvalue weighted by Gasteiger charge is 2.20. The number of aromatic nitrogens is 3. The first kappa shape index (κ1) is 21.0. The summed E-state index contributed by atoms with van der Waals surface area (Å²) in [7, 11) is 0. The van der Waals surface area contributed by atoms with Crippen LogP contribution in [0.2, 0.25) is 0 Å². The zero-order chi connectivity index (χ0) is 22.9. The first-order chi connectivity index (χ1) is 16.0. The molecule has 8 heteroatoms. The van der Waals surface area contributed by atoms with E-state index in [1.807, 2.05) is 59.9 Å². The molecule has 0 aliphatic heterocycles. The summed E-state index contributed by atoms with van der Waals surface area (Å²) >= 11 is 1.39. The molecule has 0 fully saturated rings. The number of benzene rings is 3. The molecule has 7 nitrogen and oxygen atoms in total. The first-order valence-corrected chi connectivity index (χ1v) is 11.4. The standard InChI is InChI=1S/C25H21N5O2S/c1-15(24(32)27-18-13-11-17(12-14-18)26-16(2)31)33-25-29-20-8-4-3-7-19(20)23-28-21-9-5-6-10-22(21)30(23)25/h3-15H,1-2H3,(H,26,31)(H,27,32).